The molecule has 5 nitrogen and oxygen atoms in total. The summed E-state index contributed by atoms with van der Waals surface area (Å²) in [5, 5.41) is 22.1. The van der Waals surface area contributed by atoms with E-state index in [2.05, 4.69) is 5.32 Å². The molecule has 0 aliphatic carbocycles. The number of aliphatic hydroxyl groups excluding tert-OH is 1. The van der Waals surface area contributed by atoms with Gasteiger partial charge in [-0.05, 0) is 43.1 Å². The molecule has 0 saturated heterocycles. The summed E-state index contributed by atoms with van der Waals surface area (Å²) in [7, 11) is 0. The minimum absolute atomic E-state index is 0.501. The molecule has 24 heavy (non-hydrogen) atoms. The molecule has 2 rings (SSSR count). The molecule has 0 spiro atoms. The van der Waals surface area contributed by atoms with Crippen molar-refractivity contribution in [3.63, 3.8) is 0 Å². The van der Waals surface area contributed by atoms with E-state index in [-0.39, 0.29) is 0 Å². The summed E-state index contributed by atoms with van der Waals surface area (Å²) in [4.78, 5) is 10.7. The lowest BCUT2D eigenvalue weighted by atomic mass is 10.1. The van der Waals surface area contributed by atoms with Crippen molar-refractivity contribution in [1.29, 1.82) is 0 Å². The zero-order chi connectivity index (χ0) is 17.4. The van der Waals surface area contributed by atoms with E-state index in [1.807, 2.05) is 42.5 Å². The molecule has 2 atom stereocenters. The van der Waals surface area contributed by atoms with E-state index in [0.717, 1.165) is 24.1 Å². The second kappa shape index (κ2) is 9.05. The van der Waals surface area contributed by atoms with Gasteiger partial charge in [0.05, 0.1) is 6.10 Å². The monoisotopic (exact) mass is 329 g/mol. The van der Waals surface area contributed by atoms with Crippen LogP contribution in [-0.2, 0) is 11.2 Å². The van der Waals surface area contributed by atoms with Gasteiger partial charge in [0.25, 0.3) is 0 Å². The Morgan fingerprint density at radius 3 is 2.42 bits per heavy atom. The molecule has 0 aromatic heterocycles. The lowest BCUT2D eigenvalue weighted by molar-refractivity contribution is -0.144. The van der Waals surface area contributed by atoms with Gasteiger partial charge in [-0.15, -0.1) is 0 Å². The first-order chi connectivity index (χ1) is 11.6. The van der Waals surface area contributed by atoms with E-state index in [0.29, 0.717) is 12.3 Å². The van der Waals surface area contributed by atoms with E-state index in [1.54, 1.807) is 12.1 Å². The van der Waals surface area contributed by atoms with E-state index in [1.165, 1.54) is 6.92 Å². The standard InChI is InChI=1S/C19H23NO4/c1-14(19(22)23)24-17-9-7-15(8-10-17)11-12-20-13-18(21)16-5-3-2-4-6-16/h2-10,14,18,20-21H,11-13H2,1H3,(H,22,23)/t14-,18+/m1/s1. The molecule has 0 fully saturated rings. The number of nitrogens with one attached hydrogen (secondary N) is 1. The summed E-state index contributed by atoms with van der Waals surface area (Å²) < 4.78 is 5.29. The fourth-order valence-corrected chi connectivity index (χ4v) is 2.25. The molecular weight excluding hydrogens is 306 g/mol. The average Bonchev–Trinajstić information content (AvgIpc) is 2.60. The number of hydrogen-bond acceptors (Lipinski definition) is 4. The van der Waals surface area contributed by atoms with Gasteiger partial charge in [0.15, 0.2) is 6.10 Å². The van der Waals surface area contributed by atoms with Crippen LogP contribution < -0.4 is 10.1 Å². The summed E-state index contributed by atoms with van der Waals surface area (Å²) in [5.74, 6) is -0.443. The van der Waals surface area contributed by atoms with Crippen LogP contribution in [0.25, 0.3) is 0 Å². The van der Waals surface area contributed by atoms with E-state index >= 15 is 0 Å². The molecule has 3 N–H and O–H groups in total. The molecule has 5 heteroatoms. The quantitative estimate of drug-likeness (QED) is 0.616. The average molecular weight is 329 g/mol. The first-order valence-corrected chi connectivity index (χ1v) is 7.98. The first-order valence-electron chi connectivity index (χ1n) is 7.98. The summed E-state index contributed by atoms with van der Waals surface area (Å²) in [5.41, 5.74) is 2.02. The maximum absolute atomic E-state index is 10.7. The number of ether oxygens (including phenoxy) is 1. The van der Waals surface area contributed by atoms with Crippen LogP contribution in [0.1, 0.15) is 24.2 Å². The highest BCUT2D eigenvalue weighted by atomic mass is 16.5. The fourth-order valence-electron chi connectivity index (χ4n) is 2.25. The van der Waals surface area contributed by atoms with Crippen molar-refractivity contribution in [2.45, 2.75) is 25.6 Å². The Morgan fingerprint density at radius 1 is 1.12 bits per heavy atom. The van der Waals surface area contributed by atoms with Gasteiger partial charge in [-0.3, -0.25) is 0 Å². The Balaban J connectivity index is 1.72. The van der Waals surface area contributed by atoms with Crippen LogP contribution in [0.4, 0.5) is 0 Å². The lowest BCUT2D eigenvalue weighted by Crippen LogP contribution is -2.24. The third-order valence-corrected chi connectivity index (χ3v) is 3.70. The second-order valence-corrected chi connectivity index (χ2v) is 5.62. The smallest absolute Gasteiger partial charge is 0.344 e. The van der Waals surface area contributed by atoms with Gasteiger partial charge >= 0.3 is 5.97 Å². The highest BCUT2D eigenvalue weighted by Crippen LogP contribution is 2.14. The lowest BCUT2D eigenvalue weighted by Gasteiger charge is -2.13. The maximum Gasteiger partial charge on any atom is 0.344 e. The van der Waals surface area contributed by atoms with Crippen LogP contribution in [0.15, 0.2) is 54.6 Å². The van der Waals surface area contributed by atoms with Crippen molar-refractivity contribution in [1.82, 2.24) is 5.32 Å². The SMILES string of the molecule is C[C@@H](Oc1ccc(CCNC[C@H](O)c2ccccc2)cc1)C(=O)O. The fraction of sp³-hybridized carbons (Fsp3) is 0.316. The molecule has 0 radical (unpaired) electrons. The number of rotatable bonds is 9. The van der Waals surface area contributed by atoms with E-state index in [9.17, 15) is 9.90 Å². The van der Waals surface area contributed by atoms with Crippen LogP contribution in [0.5, 0.6) is 5.75 Å². The summed E-state index contributed by atoms with van der Waals surface area (Å²) in [6, 6.07) is 16.9. The number of aliphatic carboxylic acids is 1. The summed E-state index contributed by atoms with van der Waals surface area (Å²) in [6.45, 7) is 2.75. The highest BCUT2D eigenvalue weighted by molar-refractivity contribution is 5.72. The Bertz CT molecular complexity index is 628. The Kier molecular flexibility index (Phi) is 6.78. The molecule has 0 unspecified atom stereocenters. The van der Waals surface area contributed by atoms with Crippen molar-refractivity contribution in [3.8, 4) is 5.75 Å². The van der Waals surface area contributed by atoms with Gasteiger partial charge < -0.3 is 20.3 Å². The Hall–Kier alpha value is -2.37. The van der Waals surface area contributed by atoms with Crippen molar-refractivity contribution < 1.29 is 19.7 Å². The van der Waals surface area contributed by atoms with Gasteiger partial charge in [0.2, 0.25) is 0 Å². The Labute approximate surface area is 141 Å². The topological polar surface area (TPSA) is 78.8 Å². The number of carboxylic acid groups (broad SMARTS) is 1. The van der Waals surface area contributed by atoms with Crippen molar-refractivity contribution in [2.24, 2.45) is 0 Å². The zero-order valence-electron chi connectivity index (χ0n) is 13.7. The number of carbonyl (C=O) groups is 1. The maximum atomic E-state index is 10.7. The van der Waals surface area contributed by atoms with Crippen LogP contribution in [0, 0.1) is 0 Å². The van der Waals surface area contributed by atoms with Crippen LogP contribution >= 0.6 is 0 Å². The van der Waals surface area contributed by atoms with Gasteiger partial charge in [-0.1, -0.05) is 42.5 Å². The largest absolute Gasteiger partial charge is 0.479 e. The number of aliphatic hydroxyl groups is 1. The molecule has 2 aromatic rings. The van der Waals surface area contributed by atoms with E-state index < -0.39 is 18.2 Å². The van der Waals surface area contributed by atoms with E-state index in [4.69, 9.17) is 9.84 Å². The van der Waals surface area contributed by atoms with Gasteiger partial charge in [0, 0.05) is 6.54 Å². The molecule has 2 aromatic carbocycles. The second-order valence-electron chi connectivity index (χ2n) is 5.62. The van der Waals surface area contributed by atoms with Crippen molar-refractivity contribution >= 4 is 5.97 Å². The molecule has 128 valence electrons. The van der Waals surface area contributed by atoms with Gasteiger partial charge in [-0.25, -0.2) is 4.79 Å². The Morgan fingerprint density at radius 2 is 1.79 bits per heavy atom. The minimum atomic E-state index is -0.986. The number of hydrogen-bond donors (Lipinski definition) is 3. The predicted octanol–water partition coefficient (Wildman–Crippen LogP) is 2.40. The molecule has 0 aliphatic heterocycles. The molecule has 0 aliphatic rings. The predicted molar refractivity (Wildman–Crippen MR) is 92.1 cm³/mol. The third kappa shape index (κ3) is 5.68. The summed E-state index contributed by atoms with van der Waals surface area (Å²) >= 11 is 0. The number of benzene rings is 2. The molecule has 0 heterocycles. The van der Waals surface area contributed by atoms with Crippen LogP contribution in [-0.4, -0.2) is 35.4 Å². The summed E-state index contributed by atoms with van der Waals surface area (Å²) in [6.07, 6.45) is -0.563. The first kappa shape index (κ1) is 18.0. The molecule has 0 saturated carbocycles. The van der Waals surface area contributed by atoms with Gasteiger partial charge in [0.1, 0.15) is 5.75 Å². The number of carboxylic acids is 1. The van der Waals surface area contributed by atoms with Crippen LogP contribution in [0.3, 0.4) is 0 Å². The molecule has 0 bridgehead atoms. The van der Waals surface area contributed by atoms with Gasteiger partial charge in [-0.2, -0.15) is 0 Å². The normalized spacial score (nSPS) is 13.2. The zero-order valence-corrected chi connectivity index (χ0v) is 13.7. The minimum Gasteiger partial charge on any atom is -0.479 e. The van der Waals surface area contributed by atoms with Crippen molar-refractivity contribution in [2.75, 3.05) is 13.1 Å². The molecular formula is C19H23NO4. The molecule has 0 amide bonds. The van der Waals surface area contributed by atoms with Crippen LogP contribution in [0.2, 0.25) is 0 Å². The highest BCUT2D eigenvalue weighted by Gasteiger charge is 2.12. The third-order valence-electron chi connectivity index (χ3n) is 3.70. The van der Waals surface area contributed by atoms with Crippen molar-refractivity contribution in [3.05, 3.63) is 65.7 Å².